The fourth-order valence-electron chi connectivity index (χ4n) is 1.85. The van der Waals surface area contributed by atoms with Gasteiger partial charge in [-0.25, -0.2) is 19.7 Å². The molecule has 5 nitrogen and oxygen atoms in total. The topological polar surface area (TPSA) is 76.0 Å². The van der Waals surface area contributed by atoms with Crippen LogP contribution in [0, 0.1) is 6.92 Å². The third-order valence-corrected chi connectivity index (χ3v) is 3.76. The highest BCUT2D eigenvalue weighted by Gasteiger charge is 2.15. The van der Waals surface area contributed by atoms with Crippen molar-refractivity contribution in [1.29, 1.82) is 0 Å². The number of fused-ring (bicyclic) bond motifs is 1. The zero-order valence-electron chi connectivity index (χ0n) is 11.1. The average molecular weight is 297 g/mol. The summed E-state index contributed by atoms with van der Waals surface area (Å²) in [5.74, 6) is -1.01. The quantitative estimate of drug-likeness (QED) is 0.748. The van der Waals surface area contributed by atoms with Crippen LogP contribution in [0.2, 0.25) is 0 Å². The zero-order chi connectivity index (χ0) is 14.8. The van der Waals surface area contributed by atoms with E-state index in [1.165, 1.54) is 0 Å². The van der Waals surface area contributed by atoms with E-state index < -0.39 is 5.97 Å². The van der Waals surface area contributed by atoms with E-state index in [9.17, 15) is 9.90 Å². The predicted octanol–water partition coefficient (Wildman–Crippen LogP) is 3.18. The van der Waals surface area contributed by atoms with E-state index in [0.29, 0.717) is 10.2 Å². The third kappa shape index (κ3) is 2.85. The number of pyridine rings is 1. The van der Waals surface area contributed by atoms with Crippen molar-refractivity contribution in [1.82, 2.24) is 15.0 Å². The third-order valence-electron chi connectivity index (χ3n) is 2.86. The van der Waals surface area contributed by atoms with Crippen molar-refractivity contribution in [2.45, 2.75) is 17.1 Å². The molecule has 0 radical (unpaired) electrons. The van der Waals surface area contributed by atoms with Crippen molar-refractivity contribution < 1.29 is 9.90 Å². The Morgan fingerprint density at radius 2 is 1.90 bits per heavy atom. The standard InChI is InChI=1S/C15H11N3O2S/c1-9-7-16-15(17-8-9)21-13-11(14(19)20)6-10-4-2-3-5-12(10)18-13/h2-8H,1H3,(H,19,20). The Balaban J connectivity index is 2.09. The number of hydrogen-bond acceptors (Lipinski definition) is 5. The predicted molar refractivity (Wildman–Crippen MR) is 79.6 cm³/mol. The Kier molecular flexibility index (Phi) is 3.53. The number of para-hydroxylation sites is 1. The van der Waals surface area contributed by atoms with Crippen LogP contribution in [0.3, 0.4) is 0 Å². The van der Waals surface area contributed by atoms with E-state index >= 15 is 0 Å². The summed E-state index contributed by atoms with van der Waals surface area (Å²) in [6.07, 6.45) is 3.38. The number of nitrogens with zero attached hydrogens (tertiary/aromatic N) is 3. The molecule has 0 aliphatic rings. The Hall–Kier alpha value is -2.47. The van der Waals surface area contributed by atoms with Gasteiger partial charge in [-0.2, -0.15) is 0 Å². The van der Waals surface area contributed by atoms with Gasteiger partial charge >= 0.3 is 5.97 Å². The van der Waals surface area contributed by atoms with Gasteiger partial charge in [0.25, 0.3) is 0 Å². The highest BCUT2D eigenvalue weighted by Crippen LogP contribution is 2.28. The molecule has 0 aliphatic heterocycles. The molecule has 0 amide bonds. The minimum absolute atomic E-state index is 0.155. The van der Waals surface area contributed by atoms with Crippen LogP contribution >= 0.6 is 11.8 Å². The Morgan fingerprint density at radius 1 is 1.19 bits per heavy atom. The van der Waals surface area contributed by atoms with Gasteiger partial charge in [-0.1, -0.05) is 18.2 Å². The Labute approximate surface area is 125 Å². The highest BCUT2D eigenvalue weighted by molar-refractivity contribution is 7.99. The number of carboxylic acid groups (broad SMARTS) is 1. The van der Waals surface area contributed by atoms with E-state index in [4.69, 9.17) is 0 Å². The summed E-state index contributed by atoms with van der Waals surface area (Å²) in [6, 6.07) is 9.03. The Morgan fingerprint density at radius 3 is 2.62 bits per heavy atom. The second-order valence-corrected chi connectivity index (χ2v) is 5.44. The molecule has 1 aromatic carbocycles. The van der Waals surface area contributed by atoms with E-state index in [1.807, 2.05) is 31.2 Å². The van der Waals surface area contributed by atoms with Crippen molar-refractivity contribution >= 4 is 28.6 Å². The van der Waals surface area contributed by atoms with E-state index in [-0.39, 0.29) is 5.56 Å². The molecule has 0 aliphatic carbocycles. The maximum absolute atomic E-state index is 11.4. The molecule has 0 saturated carbocycles. The minimum Gasteiger partial charge on any atom is -0.478 e. The second kappa shape index (κ2) is 5.49. The smallest absolute Gasteiger partial charge is 0.338 e. The summed E-state index contributed by atoms with van der Waals surface area (Å²) < 4.78 is 0. The maximum Gasteiger partial charge on any atom is 0.338 e. The van der Waals surface area contributed by atoms with Gasteiger partial charge in [0.05, 0.1) is 11.1 Å². The summed E-state index contributed by atoms with van der Waals surface area (Å²) in [5, 5.41) is 11.0. The van der Waals surface area contributed by atoms with Crippen LogP contribution in [0.4, 0.5) is 0 Å². The van der Waals surface area contributed by atoms with Crippen LogP contribution in [-0.4, -0.2) is 26.0 Å². The molecule has 3 aromatic rings. The van der Waals surface area contributed by atoms with Crippen LogP contribution in [0.5, 0.6) is 0 Å². The average Bonchev–Trinajstić information content (AvgIpc) is 2.48. The number of aromatic nitrogens is 3. The molecule has 0 unspecified atom stereocenters. The lowest BCUT2D eigenvalue weighted by atomic mass is 10.1. The normalized spacial score (nSPS) is 10.7. The number of carboxylic acids is 1. The fourth-order valence-corrected chi connectivity index (χ4v) is 2.63. The molecule has 21 heavy (non-hydrogen) atoms. The molecule has 0 bridgehead atoms. The van der Waals surface area contributed by atoms with Gasteiger partial charge in [-0.05, 0) is 36.4 Å². The van der Waals surface area contributed by atoms with Crippen LogP contribution in [0.1, 0.15) is 15.9 Å². The number of benzene rings is 1. The number of aromatic carboxylic acids is 1. The summed E-state index contributed by atoms with van der Waals surface area (Å²) in [5.41, 5.74) is 1.85. The van der Waals surface area contributed by atoms with Crippen LogP contribution < -0.4 is 0 Å². The maximum atomic E-state index is 11.4. The van der Waals surface area contributed by atoms with Crippen molar-refractivity contribution in [3.63, 3.8) is 0 Å². The van der Waals surface area contributed by atoms with E-state index in [1.54, 1.807) is 18.5 Å². The van der Waals surface area contributed by atoms with Crippen molar-refractivity contribution in [2.24, 2.45) is 0 Å². The first kappa shape index (κ1) is 13.5. The lowest BCUT2D eigenvalue weighted by molar-refractivity contribution is 0.0692. The highest BCUT2D eigenvalue weighted by atomic mass is 32.2. The first-order valence-electron chi connectivity index (χ1n) is 6.23. The zero-order valence-corrected chi connectivity index (χ0v) is 12.0. The van der Waals surface area contributed by atoms with E-state index in [2.05, 4.69) is 15.0 Å². The van der Waals surface area contributed by atoms with Crippen molar-refractivity contribution in [3.05, 3.63) is 53.9 Å². The van der Waals surface area contributed by atoms with Crippen LogP contribution in [0.15, 0.2) is 52.9 Å². The summed E-state index contributed by atoms with van der Waals surface area (Å²) in [6.45, 7) is 1.89. The SMILES string of the molecule is Cc1cnc(Sc2nc3ccccc3cc2C(=O)O)nc1. The molecule has 0 atom stereocenters. The molecule has 1 N–H and O–H groups in total. The molecule has 0 saturated heterocycles. The minimum atomic E-state index is -1.01. The largest absolute Gasteiger partial charge is 0.478 e. The van der Waals surface area contributed by atoms with Gasteiger partial charge in [0.15, 0.2) is 5.16 Å². The molecular weight excluding hydrogens is 286 g/mol. The second-order valence-electron chi connectivity index (χ2n) is 4.48. The summed E-state index contributed by atoms with van der Waals surface area (Å²) in [7, 11) is 0. The molecule has 3 rings (SSSR count). The first-order chi connectivity index (χ1) is 10.1. The molecular formula is C15H11N3O2S. The van der Waals surface area contributed by atoms with Gasteiger partial charge in [0, 0.05) is 17.8 Å². The van der Waals surface area contributed by atoms with E-state index in [0.717, 1.165) is 28.2 Å². The van der Waals surface area contributed by atoms with Gasteiger partial charge in [0.1, 0.15) is 5.03 Å². The van der Waals surface area contributed by atoms with Crippen LogP contribution in [0.25, 0.3) is 10.9 Å². The monoisotopic (exact) mass is 297 g/mol. The molecule has 0 fully saturated rings. The molecule has 0 spiro atoms. The first-order valence-corrected chi connectivity index (χ1v) is 7.05. The van der Waals surface area contributed by atoms with Gasteiger partial charge in [0.2, 0.25) is 0 Å². The lowest BCUT2D eigenvalue weighted by Crippen LogP contribution is -2.02. The summed E-state index contributed by atoms with van der Waals surface area (Å²) in [4.78, 5) is 24.2. The fraction of sp³-hybridized carbons (Fsp3) is 0.0667. The molecule has 104 valence electrons. The lowest BCUT2D eigenvalue weighted by Gasteiger charge is -2.06. The molecule has 2 aromatic heterocycles. The van der Waals surface area contributed by atoms with Crippen molar-refractivity contribution in [3.8, 4) is 0 Å². The number of aryl methyl sites for hydroxylation is 1. The Bertz CT molecular complexity index is 819. The van der Waals surface area contributed by atoms with Gasteiger partial charge in [-0.15, -0.1) is 0 Å². The number of rotatable bonds is 3. The molecule has 2 heterocycles. The summed E-state index contributed by atoms with van der Waals surface area (Å²) >= 11 is 1.15. The number of carbonyl (C=O) groups is 1. The van der Waals surface area contributed by atoms with Crippen LogP contribution in [-0.2, 0) is 0 Å². The number of hydrogen-bond donors (Lipinski definition) is 1. The van der Waals surface area contributed by atoms with Crippen molar-refractivity contribution in [2.75, 3.05) is 0 Å². The van der Waals surface area contributed by atoms with Gasteiger partial charge < -0.3 is 5.11 Å². The molecule has 6 heteroatoms. The van der Waals surface area contributed by atoms with Gasteiger partial charge in [-0.3, -0.25) is 0 Å².